The van der Waals surface area contributed by atoms with Crippen molar-refractivity contribution in [2.75, 3.05) is 6.61 Å². The molecule has 0 aliphatic rings. The molecule has 0 fully saturated rings. The van der Waals surface area contributed by atoms with Crippen molar-refractivity contribution in [1.29, 1.82) is 0 Å². The van der Waals surface area contributed by atoms with E-state index in [4.69, 9.17) is 14.9 Å². The Bertz CT molecular complexity index is 222. The van der Waals surface area contributed by atoms with Gasteiger partial charge >= 0.3 is 0 Å². The van der Waals surface area contributed by atoms with Crippen LogP contribution in [0, 0.1) is 0 Å². The fraction of sp³-hybridized carbons (Fsp3) is 0.500. The molecular weight excluding hydrogens is 192 g/mol. The van der Waals surface area contributed by atoms with Crippen LogP contribution >= 0.6 is 0 Å². The second kappa shape index (κ2) is 9.49. The molecule has 2 N–H and O–H groups in total. The van der Waals surface area contributed by atoms with E-state index in [0.29, 0.717) is 12.4 Å². The molecule has 1 atom stereocenters. The van der Waals surface area contributed by atoms with Crippen LogP contribution in [-0.4, -0.2) is 23.1 Å². The lowest BCUT2D eigenvalue weighted by Crippen LogP contribution is -2.06. The van der Waals surface area contributed by atoms with E-state index in [2.05, 4.69) is 6.92 Å². The summed E-state index contributed by atoms with van der Waals surface area (Å²) in [5.41, 5.74) is 0. The second-order valence-corrected chi connectivity index (χ2v) is 3.16. The SMILES string of the molecule is CCCCOC(C)O.Oc1ccccc1. The van der Waals surface area contributed by atoms with Crippen molar-refractivity contribution in [3.63, 3.8) is 0 Å². The van der Waals surface area contributed by atoms with Gasteiger partial charge < -0.3 is 14.9 Å². The standard InChI is InChI=1S/C6H14O2.C6H6O/c1-3-4-5-8-6(2)7;7-6-4-2-1-3-5-6/h6-7H,3-5H2,1-2H3;1-5,7H. The quantitative estimate of drug-likeness (QED) is 0.595. The largest absolute Gasteiger partial charge is 0.508 e. The van der Waals surface area contributed by atoms with Crippen molar-refractivity contribution in [1.82, 2.24) is 0 Å². The van der Waals surface area contributed by atoms with Crippen molar-refractivity contribution in [2.24, 2.45) is 0 Å². The minimum atomic E-state index is -0.596. The third kappa shape index (κ3) is 10.9. The van der Waals surface area contributed by atoms with E-state index in [1.807, 2.05) is 6.07 Å². The summed E-state index contributed by atoms with van der Waals surface area (Å²) in [5.74, 6) is 0.322. The summed E-state index contributed by atoms with van der Waals surface area (Å²) in [7, 11) is 0. The lowest BCUT2D eigenvalue weighted by atomic mass is 10.3. The topological polar surface area (TPSA) is 49.7 Å². The van der Waals surface area contributed by atoms with E-state index in [1.165, 1.54) is 0 Å². The predicted octanol–water partition coefficient (Wildman–Crippen LogP) is 2.53. The molecule has 0 amide bonds. The van der Waals surface area contributed by atoms with Gasteiger partial charge in [0.25, 0.3) is 0 Å². The third-order valence-electron chi connectivity index (χ3n) is 1.61. The van der Waals surface area contributed by atoms with Crippen LogP contribution in [0.15, 0.2) is 30.3 Å². The molecule has 0 radical (unpaired) electrons. The highest BCUT2D eigenvalue weighted by Gasteiger charge is 1.90. The van der Waals surface area contributed by atoms with Gasteiger partial charge in [0.15, 0.2) is 6.29 Å². The van der Waals surface area contributed by atoms with E-state index in [9.17, 15) is 0 Å². The molecule has 1 aromatic carbocycles. The molecule has 0 saturated carbocycles. The first-order valence-corrected chi connectivity index (χ1v) is 5.20. The van der Waals surface area contributed by atoms with Gasteiger partial charge in [-0.3, -0.25) is 0 Å². The van der Waals surface area contributed by atoms with Crippen molar-refractivity contribution in [3.8, 4) is 5.75 Å². The number of aliphatic hydroxyl groups excluding tert-OH is 1. The highest BCUT2D eigenvalue weighted by atomic mass is 16.6. The van der Waals surface area contributed by atoms with Gasteiger partial charge in [-0.2, -0.15) is 0 Å². The first-order chi connectivity index (χ1) is 7.16. The van der Waals surface area contributed by atoms with Crippen molar-refractivity contribution in [2.45, 2.75) is 33.0 Å². The molecule has 1 aromatic rings. The number of hydrogen-bond acceptors (Lipinski definition) is 3. The van der Waals surface area contributed by atoms with Gasteiger partial charge in [0, 0.05) is 6.61 Å². The van der Waals surface area contributed by atoms with Crippen LogP contribution in [0.5, 0.6) is 5.75 Å². The number of benzene rings is 1. The van der Waals surface area contributed by atoms with Crippen LogP contribution in [0.3, 0.4) is 0 Å². The van der Waals surface area contributed by atoms with Gasteiger partial charge in [-0.15, -0.1) is 0 Å². The van der Waals surface area contributed by atoms with Gasteiger partial charge in [-0.1, -0.05) is 31.5 Å². The van der Waals surface area contributed by atoms with Crippen molar-refractivity contribution in [3.05, 3.63) is 30.3 Å². The van der Waals surface area contributed by atoms with Crippen LogP contribution in [0.25, 0.3) is 0 Å². The Kier molecular flexibility index (Phi) is 8.82. The number of rotatable bonds is 4. The summed E-state index contributed by atoms with van der Waals surface area (Å²) >= 11 is 0. The van der Waals surface area contributed by atoms with E-state index < -0.39 is 6.29 Å². The van der Waals surface area contributed by atoms with Crippen LogP contribution in [-0.2, 0) is 4.74 Å². The Labute approximate surface area is 91.3 Å². The van der Waals surface area contributed by atoms with Gasteiger partial charge in [0.2, 0.25) is 0 Å². The van der Waals surface area contributed by atoms with Gasteiger partial charge in [0.1, 0.15) is 5.75 Å². The molecule has 0 aliphatic carbocycles. The Hall–Kier alpha value is -1.06. The number of ether oxygens (including phenoxy) is 1. The Morgan fingerprint density at radius 2 is 1.87 bits per heavy atom. The third-order valence-corrected chi connectivity index (χ3v) is 1.61. The zero-order chi connectivity index (χ0) is 11.5. The lowest BCUT2D eigenvalue weighted by molar-refractivity contribution is -0.0856. The van der Waals surface area contributed by atoms with E-state index in [0.717, 1.165) is 12.8 Å². The minimum Gasteiger partial charge on any atom is -0.508 e. The monoisotopic (exact) mass is 212 g/mol. The van der Waals surface area contributed by atoms with Crippen molar-refractivity contribution >= 4 is 0 Å². The summed E-state index contributed by atoms with van der Waals surface area (Å²) in [6.07, 6.45) is 1.55. The lowest BCUT2D eigenvalue weighted by Gasteiger charge is -2.03. The maximum atomic E-state index is 8.63. The summed E-state index contributed by atoms with van der Waals surface area (Å²) in [4.78, 5) is 0. The number of phenolic OH excluding ortho intramolecular Hbond substituents is 1. The average molecular weight is 212 g/mol. The molecule has 0 bridgehead atoms. The molecule has 0 heterocycles. The first kappa shape index (κ1) is 13.9. The average Bonchev–Trinajstić information content (AvgIpc) is 2.20. The molecule has 0 spiro atoms. The van der Waals surface area contributed by atoms with E-state index in [1.54, 1.807) is 31.2 Å². The van der Waals surface area contributed by atoms with Crippen LogP contribution in [0.1, 0.15) is 26.7 Å². The molecule has 3 heteroatoms. The molecule has 3 nitrogen and oxygen atoms in total. The molecule has 0 aliphatic heterocycles. The summed E-state index contributed by atoms with van der Waals surface area (Å²) in [5, 5.41) is 17.2. The number of unbranched alkanes of at least 4 members (excludes halogenated alkanes) is 1. The Morgan fingerprint density at radius 3 is 2.20 bits per heavy atom. The van der Waals surface area contributed by atoms with E-state index >= 15 is 0 Å². The minimum absolute atomic E-state index is 0.322. The number of aliphatic hydroxyl groups is 1. The highest BCUT2D eigenvalue weighted by molar-refractivity contribution is 5.18. The van der Waals surface area contributed by atoms with Crippen LogP contribution in [0.2, 0.25) is 0 Å². The second-order valence-electron chi connectivity index (χ2n) is 3.16. The maximum absolute atomic E-state index is 8.63. The number of aromatic hydroxyl groups is 1. The number of phenols is 1. The summed E-state index contributed by atoms with van der Waals surface area (Å²) < 4.78 is 4.84. The molecule has 1 rings (SSSR count). The molecule has 1 unspecified atom stereocenters. The fourth-order valence-electron chi connectivity index (χ4n) is 0.826. The Morgan fingerprint density at radius 1 is 1.27 bits per heavy atom. The summed E-state index contributed by atoms with van der Waals surface area (Å²) in [6.45, 7) is 4.38. The van der Waals surface area contributed by atoms with Gasteiger partial charge in [-0.25, -0.2) is 0 Å². The maximum Gasteiger partial charge on any atom is 0.151 e. The zero-order valence-electron chi connectivity index (χ0n) is 9.39. The van der Waals surface area contributed by atoms with E-state index in [-0.39, 0.29) is 0 Å². The fourth-order valence-corrected chi connectivity index (χ4v) is 0.826. The van der Waals surface area contributed by atoms with Crippen LogP contribution in [0.4, 0.5) is 0 Å². The van der Waals surface area contributed by atoms with Gasteiger partial charge in [-0.05, 0) is 25.5 Å². The first-order valence-electron chi connectivity index (χ1n) is 5.20. The molecule has 15 heavy (non-hydrogen) atoms. The van der Waals surface area contributed by atoms with Crippen LogP contribution < -0.4 is 0 Å². The highest BCUT2D eigenvalue weighted by Crippen LogP contribution is 2.02. The molecule has 0 saturated heterocycles. The zero-order valence-corrected chi connectivity index (χ0v) is 9.39. The molecule has 86 valence electrons. The smallest absolute Gasteiger partial charge is 0.151 e. The molecular formula is C12H20O3. The number of hydrogen-bond donors (Lipinski definition) is 2. The normalized spacial score (nSPS) is 11.4. The number of para-hydroxylation sites is 1. The Balaban J connectivity index is 0.000000262. The predicted molar refractivity (Wildman–Crippen MR) is 60.6 cm³/mol. The molecule has 0 aromatic heterocycles. The van der Waals surface area contributed by atoms with Gasteiger partial charge in [0.05, 0.1) is 0 Å². The summed E-state index contributed by atoms with van der Waals surface area (Å²) in [6, 6.07) is 8.71. The van der Waals surface area contributed by atoms with Crippen molar-refractivity contribution < 1.29 is 14.9 Å².